The molecule has 106 valence electrons. The first kappa shape index (κ1) is 15.0. The molecule has 0 fully saturated rings. The summed E-state index contributed by atoms with van der Waals surface area (Å²) < 4.78 is 0.847. The number of nitrogens with one attached hydrogen (secondary N) is 1. The third kappa shape index (κ3) is 4.29. The number of hydrogen-bond donors (Lipinski definition) is 1. The molecule has 2 rings (SSSR count). The van der Waals surface area contributed by atoms with Crippen LogP contribution in [0.15, 0.2) is 46.9 Å². The molecule has 0 spiro atoms. The zero-order chi connectivity index (χ0) is 15.2. The van der Waals surface area contributed by atoms with Gasteiger partial charge in [0.05, 0.1) is 16.6 Å². The van der Waals surface area contributed by atoms with Gasteiger partial charge in [0.25, 0.3) is 5.69 Å². The minimum atomic E-state index is -0.410. The van der Waals surface area contributed by atoms with Crippen LogP contribution < -0.4 is 5.32 Å². The number of nitriles is 1. The van der Waals surface area contributed by atoms with Crippen molar-refractivity contribution in [1.29, 1.82) is 5.26 Å². The summed E-state index contributed by atoms with van der Waals surface area (Å²) in [5.41, 5.74) is 2.56. The number of nitrogens with zero attached hydrogens (tertiary/aromatic N) is 2. The lowest BCUT2D eigenvalue weighted by atomic mass is 10.1. The van der Waals surface area contributed by atoms with Gasteiger partial charge < -0.3 is 5.32 Å². The molecule has 21 heavy (non-hydrogen) atoms. The minimum absolute atomic E-state index is 0.0948. The van der Waals surface area contributed by atoms with Crippen molar-refractivity contribution in [2.45, 2.75) is 6.42 Å². The number of non-ortho nitro benzene ring substituents is 1. The minimum Gasteiger partial charge on any atom is -0.385 e. The Labute approximate surface area is 130 Å². The average Bonchev–Trinajstić information content (AvgIpc) is 2.47. The Bertz CT molecular complexity index is 693. The molecule has 0 radical (unpaired) electrons. The molecule has 1 N–H and O–H groups in total. The van der Waals surface area contributed by atoms with Crippen LogP contribution in [0.4, 0.5) is 11.4 Å². The second kappa shape index (κ2) is 6.86. The fourth-order valence-corrected chi connectivity index (χ4v) is 2.39. The maximum atomic E-state index is 10.6. The molecule has 0 atom stereocenters. The lowest BCUT2D eigenvalue weighted by Crippen LogP contribution is -2.05. The number of rotatable bonds is 5. The standard InChI is InChI=1S/C15H12BrN3O2/c16-13-7-12(10-17)8-14(9-13)18-6-5-11-1-3-15(4-2-11)19(20)21/h1-4,7-9,18H,5-6H2. The largest absolute Gasteiger partial charge is 0.385 e. The zero-order valence-electron chi connectivity index (χ0n) is 11.0. The zero-order valence-corrected chi connectivity index (χ0v) is 12.6. The molecule has 2 aromatic rings. The lowest BCUT2D eigenvalue weighted by Gasteiger charge is -2.07. The molecule has 0 saturated carbocycles. The number of benzene rings is 2. The fraction of sp³-hybridized carbons (Fsp3) is 0.133. The van der Waals surface area contributed by atoms with Gasteiger partial charge in [0.1, 0.15) is 0 Å². The summed E-state index contributed by atoms with van der Waals surface area (Å²) >= 11 is 3.36. The first-order chi connectivity index (χ1) is 10.1. The summed E-state index contributed by atoms with van der Waals surface area (Å²) in [4.78, 5) is 10.2. The molecule has 0 unspecified atom stereocenters. The molecular formula is C15H12BrN3O2. The summed E-state index contributed by atoms with van der Waals surface area (Å²) in [6.07, 6.45) is 0.742. The fourth-order valence-electron chi connectivity index (χ4n) is 1.89. The van der Waals surface area contributed by atoms with Crippen molar-refractivity contribution in [3.05, 3.63) is 68.2 Å². The average molecular weight is 346 g/mol. The number of anilines is 1. The van der Waals surface area contributed by atoms with Gasteiger partial charge in [0.2, 0.25) is 0 Å². The van der Waals surface area contributed by atoms with E-state index in [-0.39, 0.29) is 5.69 Å². The van der Waals surface area contributed by atoms with Gasteiger partial charge in [-0.2, -0.15) is 5.26 Å². The third-order valence-corrected chi connectivity index (χ3v) is 3.37. The normalized spacial score (nSPS) is 9.90. The SMILES string of the molecule is N#Cc1cc(Br)cc(NCCc2ccc([N+](=O)[O-])cc2)c1. The van der Waals surface area contributed by atoms with E-state index in [1.807, 2.05) is 6.07 Å². The Kier molecular flexibility index (Phi) is 4.90. The molecule has 2 aromatic carbocycles. The van der Waals surface area contributed by atoms with Crippen molar-refractivity contribution in [3.8, 4) is 6.07 Å². The quantitative estimate of drug-likeness (QED) is 0.658. The summed E-state index contributed by atoms with van der Waals surface area (Å²) in [5, 5.41) is 22.7. The first-order valence-electron chi connectivity index (χ1n) is 6.26. The molecule has 5 nitrogen and oxygen atoms in total. The van der Waals surface area contributed by atoms with Gasteiger partial charge in [-0.15, -0.1) is 0 Å². The Morgan fingerprint density at radius 2 is 1.95 bits per heavy atom. The van der Waals surface area contributed by atoms with Crippen molar-refractivity contribution in [1.82, 2.24) is 0 Å². The van der Waals surface area contributed by atoms with E-state index < -0.39 is 4.92 Å². The van der Waals surface area contributed by atoms with Crippen molar-refractivity contribution >= 4 is 27.3 Å². The van der Waals surface area contributed by atoms with E-state index in [1.54, 1.807) is 24.3 Å². The van der Waals surface area contributed by atoms with E-state index in [2.05, 4.69) is 27.3 Å². The highest BCUT2D eigenvalue weighted by atomic mass is 79.9. The first-order valence-corrected chi connectivity index (χ1v) is 7.05. The lowest BCUT2D eigenvalue weighted by molar-refractivity contribution is -0.384. The Morgan fingerprint density at radius 3 is 2.57 bits per heavy atom. The smallest absolute Gasteiger partial charge is 0.269 e. The van der Waals surface area contributed by atoms with Crippen LogP contribution in [0.1, 0.15) is 11.1 Å². The van der Waals surface area contributed by atoms with Gasteiger partial charge in [-0.05, 0) is 30.2 Å². The van der Waals surface area contributed by atoms with E-state index in [4.69, 9.17) is 5.26 Å². The monoisotopic (exact) mass is 345 g/mol. The molecule has 0 aromatic heterocycles. The van der Waals surface area contributed by atoms with Crippen LogP contribution >= 0.6 is 15.9 Å². The molecule has 0 saturated heterocycles. The number of nitro benzene ring substituents is 1. The summed E-state index contributed by atoms with van der Waals surface area (Å²) in [6.45, 7) is 0.680. The van der Waals surface area contributed by atoms with Crippen LogP contribution in [0.2, 0.25) is 0 Å². The van der Waals surface area contributed by atoms with Gasteiger partial charge in [0.15, 0.2) is 0 Å². The van der Waals surface area contributed by atoms with Crippen LogP contribution in [-0.4, -0.2) is 11.5 Å². The Balaban J connectivity index is 1.94. The van der Waals surface area contributed by atoms with Crippen LogP contribution in [0.5, 0.6) is 0 Å². The number of hydrogen-bond acceptors (Lipinski definition) is 4. The van der Waals surface area contributed by atoms with Crippen molar-refractivity contribution < 1.29 is 4.92 Å². The van der Waals surface area contributed by atoms with Gasteiger partial charge in [-0.25, -0.2) is 0 Å². The summed E-state index contributed by atoms with van der Waals surface area (Å²) in [7, 11) is 0. The molecule has 6 heteroatoms. The second-order valence-corrected chi connectivity index (χ2v) is 5.36. The molecule has 0 heterocycles. The second-order valence-electron chi connectivity index (χ2n) is 4.44. The third-order valence-electron chi connectivity index (χ3n) is 2.92. The Hall–Kier alpha value is -2.39. The number of nitro groups is 1. The van der Waals surface area contributed by atoms with Gasteiger partial charge in [0, 0.05) is 28.8 Å². The van der Waals surface area contributed by atoms with Gasteiger partial charge >= 0.3 is 0 Å². The maximum absolute atomic E-state index is 10.6. The molecule has 0 aliphatic carbocycles. The predicted octanol–water partition coefficient (Wildman–Crippen LogP) is 3.88. The predicted molar refractivity (Wildman–Crippen MR) is 84.1 cm³/mol. The van der Waals surface area contributed by atoms with E-state index in [0.29, 0.717) is 12.1 Å². The van der Waals surface area contributed by atoms with Crippen LogP contribution in [0.3, 0.4) is 0 Å². The summed E-state index contributed by atoms with van der Waals surface area (Å²) in [6, 6.07) is 14.0. The topological polar surface area (TPSA) is 79.0 Å². The van der Waals surface area contributed by atoms with E-state index in [0.717, 1.165) is 22.1 Å². The molecule has 0 aliphatic rings. The van der Waals surface area contributed by atoms with Crippen LogP contribution in [0, 0.1) is 21.4 Å². The van der Waals surface area contributed by atoms with Gasteiger partial charge in [-0.3, -0.25) is 10.1 Å². The van der Waals surface area contributed by atoms with E-state index in [9.17, 15) is 10.1 Å². The van der Waals surface area contributed by atoms with Crippen LogP contribution in [-0.2, 0) is 6.42 Å². The van der Waals surface area contributed by atoms with E-state index in [1.165, 1.54) is 12.1 Å². The highest BCUT2D eigenvalue weighted by Gasteiger charge is 2.04. The molecule has 0 bridgehead atoms. The van der Waals surface area contributed by atoms with Crippen molar-refractivity contribution in [3.63, 3.8) is 0 Å². The maximum Gasteiger partial charge on any atom is 0.269 e. The highest BCUT2D eigenvalue weighted by molar-refractivity contribution is 9.10. The highest BCUT2D eigenvalue weighted by Crippen LogP contribution is 2.19. The Morgan fingerprint density at radius 1 is 1.24 bits per heavy atom. The van der Waals surface area contributed by atoms with Crippen LogP contribution in [0.25, 0.3) is 0 Å². The number of halogens is 1. The summed E-state index contributed by atoms with van der Waals surface area (Å²) in [5.74, 6) is 0. The molecular weight excluding hydrogens is 334 g/mol. The van der Waals surface area contributed by atoms with Crippen molar-refractivity contribution in [2.24, 2.45) is 0 Å². The van der Waals surface area contributed by atoms with Crippen molar-refractivity contribution in [2.75, 3.05) is 11.9 Å². The van der Waals surface area contributed by atoms with E-state index >= 15 is 0 Å². The molecule has 0 aliphatic heterocycles. The van der Waals surface area contributed by atoms with Gasteiger partial charge in [-0.1, -0.05) is 28.1 Å². The molecule has 0 amide bonds.